The van der Waals surface area contributed by atoms with Crippen LogP contribution < -0.4 is 4.74 Å². The van der Waals surface area contributed by atoms with E-state index in [0.717, 1.165) is 24.5 Å². The number of hydrogen-bond donors (Lipinski definition) is 0. The first-order chi connectivity index (χ1) is 8.65. The average Bonchev–Trinajstić information content (AvgIpc) is 2.37. The summed E-state index contributed by atoms with van der Waals surface area (Å²) in [6.45, 7) is 9.25. The highest BCUT2D eigenvalue weighted by Crippen LogP contribution is 2.17. The highest BCUT2D eigenvalue weighted by Gasteiger charge is 2.07. The maximum Gasteiger partial charge on any atom is 0.199 e. The van der Waals surface area contributed by atoms with Crippen molar-refractivity contribution in [2.24, 2.45) is 5.92 Å². The van der Waals surface area contributed by atoms with Crippen LogP contribution in [0.25, 0.3) is 0 Å². The molecule has 0 saturated carbocycles. The Morgan fingerprint density at radius 1 is 1.06 bits per heavy atom. The molecule has 2 heteroatoms. The predicted molar refractivity (Wildman–Crippen MR) is 75.9 cm³/mol. The van der Waals surface area contributed by atoms with E-state index in [-0.39, 0.29) is 6.29 Å². The van der Waals surface area contributed by atoms with E-state index in [1.54, 1.807) is 0 Å². The molecule has 1 rings (SSSR count). The molecule has 0 saturated heterocycles. The summed E-state index contributed by atoms with van der Waals surface area (Å²) in [7, 11) is 0. The normalized spacial score (nSPS) is 12.7. The molecule has 1 aromatic carbocycles. The molecule has 0 spiro atoms. The molecule has 1 aromatic rings. The van der Waals surface area contributed by atoms with Crippen LogP contribution in [-0.4, -0.2) is 12.9 Å². The lowest BCUT2D eigenvalue weighted by Crippen LogP contribution is -2.19. The smallest absolute Gasteiger partial charge is 0.199 e. The van der Waals surface area contributed by atoms with Crippen LogP contribution in [-0.2, 0) is 11.2 Å². The minimum absolute atomic E-state index is 0.128. The van der Waals surface area contributed by atoms with Gasteiger partial charge in [0.25, 0.3) is 0 Å². The lowest BCUT2D eigenvalue weighted by Gasteiger charge is -2.17. The second-order valence-electron chi connectivity index (χ2n) is 4.99. The average molecular weight is 250 g/mol. The molecule has 0 radical (unpaired) electrons. The van der Waals surface area contributed by atoms with Crippen molar-refractivity contribution >= 4 is 0 Å². The summed E-state index contributed by atoms with van der Waals surface area (Å²) < 4.78 is 11.2. The van der Waals surface area contributed by atoms with E-state index in [1.807, 2.05) is 19.1 Å². The highest BCUT2D eigenvalue weighted by molar-refractivity contribution is 5.27. The van der Waals surface area contributed by atoms with Gasteiger partial charge in [0.05, 0.1) is 0 Å². The third kappa shape index (κ3) is 5.54. The molecule has 0 N–H and O–H groups in total. The summed E-state index contributed by atoms with van der Waals surface area (Å²) >= 11 is 0. The Balaban J connectivity index is 2.48. The van der Waals surface area contributed by atoms with Crippen molar-refractivity contribution < 1.29 is 9.47 Å². The van der Waals surface area contributed by atoms with Gasteiger partial charge in [-0.25, -0.2) is 0 Å². The van der Waals surface area contributed by atoms with Gasteiger partial charge in [-0.05, 0) is 43.4 Å². The number of rotatable bonds is 8. The summed E-state index contributed by atoms with van der Waals surface area (Å²) in [5.74, 6) is 1.65. The molecule has 18 heavy (non-hydrogen) atoms. The Morgan fingerprint density at radius 3 is 2.22 bits per heavy atom. The number of hydrogen-bond acceptors (Lipinski definition) is 2. The molecule has 0 aliphatic rings. The van der Waals surface area contributed by atoms with Gasteiger partial charge in [0.2, 0.25) is 0 Å². The van der Waals surface area contributed by atoms with Crippen LogP contribution in [0.1, 0.15) is 46.1 Å². The maximum absolute atomic E-state index is 5.76. The zero-order valence-electron chi connectivity index (χ0n) is 12.1. The molecule has 102 valence electrons. The van der Waals surface area contributed by atoms with Gasteiger partial charge in [0.15, 0.2) is 6.29 Å². The Morgan fingerprint density at radius 2 is 1.72 bits per heavy atom. The third-order valence-corrected chi connectivity index (χ3v) is 2.89. The molecule has 0 amide bonds. The first kappa shape index (κ1) is 15.0. The zero-order valence-corrected chi connectivity index (χ0v) is 12.1. The van der Waals surface area contributed by atoms with Crippen molar-refractivity contribution in [3.63, 3.8) is 0 Å². The second kappa shape index (κ2) is 8.15. The van der Waals surface area contributed by atoms with E-state index in [9.17, 15) is 0 Å². The quantitative estimate of drug-likeness (QED) is 0.636. The van der Waals surface area contributed by atoms with E-state index >= 15 is 0 Å². The van der Waals surface area contributed by atoms with Gasteiger partial charge >= 0.3 is 0 Å². The molecular weight excluding hydrogens is 224 g/mol. The number of aryl methyl sites for hydroxylation is 1. The minimum atomic E-state index is -0.128. The van der Waals surface area contributed by atoms with Crippen molar-refractivity contribution in [1.82, 2.24) is 0 Å². The van der Waals surface area contributed by atoms with Crippen LogP contribution in [0.2, 0.25) is 0 Å². The molecule has 1 unspecified atom stereocenters. The van der Waals surface area contributed by atoms with Gasteiger partial charge in [0, 0.05) is 13.0 Å². The number of benzene rings is 1. The largest absolute Gasteiger partial charge is 0.465 e. The van der Waals surface area contributed by atoms with Gasteiger partial charge in [-0.1, -0.05) is 32.9 Å². The fourth-order valence-electron chi connectivity index (χ4n) is 1.76. The van der Waals surface area contributed by atoms with Crippen molar-refractivity contribution in [3.8, 4) is 5.75 Å². The number of ether oxygens (including phenoxy) is 2. The second-order valence-corrected chi connectivity index (χ2v) is 4.99. The van der Waals surface area contributed by atoms with Crippen LogP contribution in [0.3, 0.4) is 0 Å². The van der Waals surface area contributed by atoms with E-state index in [4.69, 9.17) is 9.47 Å². The van der Waals surface area contributed by atoms with Gasteiger partial charge in [-0.15, -0.1) is 0 Å². The molecule has 0 aliphatic heterocycles. The Hall–Kier alpha value is -1.02. The minimum Gasteiger partial charge on any atom is -0.465 e. The lowest BCUT2D eigenvalue weighted by atomic mass is 10.0. The highest BCUT2D eigenvalue weighted by atomic mass is 16.7. The van der Waals surface area contributed by atoms with E-state index in [1.165, 1.54) is 12.0 Å². The SMILES string of the molecule is CCOC(CC)Oc1ccc(CCC(C)C)cc1. The molecule has 2 nitrogen and oxygen atoms in total. The van der Waals surface area contributed by atoms with E-state index in [0.29, 0.717) is 6.61 Å². The Kier molecular flexibility index (Phi) is 6.81. The maximum atomic E-state index is 5.76. The summed E-state index contributed by atoms with van der Waals surface area (Å²) in [6, 6.07) is 8.38. The standard InChI is InChI=1S/C16H26O2/c1-5-16(17-6-2)18-15-11-9-14(10-12-15)8-7-13(3)4/h9-13,16H,5-8H2,1-4H3. The van der Waals surface area contributed by atoms with Gasteiger partial charge < -0.3 is 9.47 Å². The third-order valence-electron chi connectivity index (χ3n) is 2.89. The van der Waals surface area contributed by atoms with Crippen LogP contribution in [0.5, 0.6) is 5.75 Å². The molecule has 0 aliphatic carbocycles. The molecule has 0 aromatic heterocycles. The first-order valence-electron chi connectivity index (χ1n) is 7.02. The lowest BCUT2D eigenvalue weighted by molar-refractivity contribution is -0.0766. The van der Waals surface area contributed by atoms with Gasteiger partial charge in [-0.3, -0.25) is 0 Å². The summed E-state index contributed by atoms with van der Waals surface area (Å²) in [4.78, 5) is 0. The van der Waals surface area contributed by atoms with Gasteiger partial charge in [0.1, 0.15) is 5.75 Å². The van der Waals surface area contributed by atoms with Crippen LogP contribution >= 0.6 is 0 Å². The summed E-state index contributed by atoms with van der Waals surface area (Å²) in [5.41, 5.74) is 1.38. The first-order valence-corrected chi connectivity index (χ1v) is 7.02. The molecule has 0 bridgehead atoms. The van der Waals surface area contributed by atoms with Gasteiger partial charge in [-0.2, -0.15) is 0 Å². The topological polar surface area (TPSA) is 18.5 Å². The van der Waals surface area contributed by atoms with Crippen LogP contribution in [0.15, 0.2) is 24.3 Å². The summed E-state index contributed by atoms with van der Waals surface area (Å²) in [5, 5.41) is 0. The van der Waals surface area contributed by atoms with Crippen molar-refractivity contribution in [3.05, 3.63) is 29.8 Å². The predicted octanol–water partition coefficient (Wildman–Crippen LogP) is 4.43. The monoisotopic (exact) mass is 250 g/mol. The fourth-order valence-corrected chi connectivity index (χ4v) is 1.76. The summed E-state index contributed by atoms with van der Waals surface area (Å²) in [6.07, 6.45) is 3.11. The van der Waals surface area contributed by atoms with Crippen LogP contribution in [0, 0.1) is 5.92 Å². The fraction of sp³-hybridized carbons (Fsp3) is 0.625. The Bertz CT molecular complexity index is 316. The van der Waals surface area contributed by atoms with Crippen molar-refractivity contribution in [2.75, 3.05) is 6.61 Å². The van der Waals surface area contributed by atoms with Crippen molar-refractivity contribution in [1.29, 1.82) is 0 Å². The Labute approximate surface area is 111 Å². The van der Waals surface area contributed by atoms with E-state index in [2.05, 4.69) is 32.9 Å². The molecule has 0 heterocycles. The molecule has 0 fully saturated rings. The molecule has 1 atom stereocenters. The van der Waals surface area contributed by atoms with Crippen LogP contribution in [0.4, 0.5) is 0 Å². The van der Waals surface area contributed by atoms with E-state index < -0.39 is 0 Å². The molecular formula is C16H26O2. The zero-order chi connectivity index (χ0) is 13.4. The van der Waals surface area contributed by atoms with Crippen molar-refractivity contribution in [2.45, 2.75) is 53.2 Å².